The number of carbonyl (C=O) groups excluding carboxylic acids is 3. The van der Waals surface area contributed by atoms with Crippen molar-refractivity contribution in [1.82, 2.24) is 20.2 Å². The summed E-state index contributed by atoms with van der Waals surface area (Å²) in [5, 5.41) is 13.5. The lowest BCUT2D eigenvalue weighted by Gasteiger charge is -2.11. The summed E-state index contributed by atoms with van der Waals surface area (Å²) < 4.78 is 6.52. The van der Waals surface area contributed by atoms with E-state index in [-0.39, 0.29) is 11.3 Å². The molecule has 1 N–H and O–H groups in total. The van der Waals surface area contributed by atoms with Crippen LogP contribution in [-0.2, 0) is 9.53 Å². The Kier molecular flexibility index (Phi) is 6.08. The number of hydrogen-bond donors (Lipinski definition) is 1. The molecule has 4 rings (SSSR count). The molecule has 0 aliphatic carbocycles. The lowest BCUT2D eigenvalue weighted by molar-refractivity contribution is -0.119. The largest absolute Gasteiger partial charge is 0.452 e. The van der Waals surface area contributed by atoms with Crippen molar-refractivity contribution in [2.75, 3.05) is 11.9 Å². The number of esters is 1. The molecule has 3 aromatic carbocycles. The van der Waals surface area contributed by atoms with Crippen molar-refractivity contribution >= 4 is 23.3 Å². The molecule has 0 saturated carbocycles. The van der Waals surface area contributed by atoms with Gasteiger partial charge in [-0.15, -0.1) is 5.10 Å². The van der Waals surface area contributed by atoms with Crippen molar-refractivity contribution in [2.24, 2.45) is 0 Å². The molecule has 0 aliphatic heterocycles. The van der Waals surface area contributed by atoms with Crippen LogP contribution in [0.3, 0.4) is 0 Å². The number of ketones is 1. The maximum atomic E-state index is 12.8. The van der Waals surface area contributed by atoms with E-state index in [1.54, 1.807) is 72.8 Å². The predicted molar refractivity (Wildman–Crippen MR) is 114 cm³/mol. The Morgan fingerprint density at radius 2 is 1.62 bits per heavy atom. The normalized spacial score (nSPS) is 10.4. The van der Waals surface area contributed by atoms with E-state index in [0.29, 0.717) is 22.5 Å². The van der Waals surface area contributed by atoms with Gasteiger partial charge in [0, 0.05) is 11.1 Å². The minimum absolute atomic E-state index is 0.224. The van der Waals surface area contributed by atoms with Crippen molar-refractivity contribution in [1.29, 1.82) is 0 Å². The van der Waals surface area contributed by atoms with E-state index in [2.05, 4.69) is 20.8 Å². The number of ether oxygens (including phenoxy) is 1. The Hall–Kier alpha value is -4.66. The first-order valence-electron chi connectivity index (χ1n) is 9.61. The van der Waals surface area contributed by atoms with Crippen LogP contribution >= 0.6 is 0 Å². The molecule has 0 bridgehead atoms. The van der Waals surface area contributed by atoms with Gasteiger partial charge < -0.3 is 10.1 Å². The van der Waals surface area contributed by atoms with Crippen LogP contribution in [0.15, 0.2) is 85.2 Å². The maximum Gasteiger partial charge on any atom is 0.338 e. The number of carbonyl (C=O) groups is 3. The van der Waals surface area contributed by atoms with E-state index in [1.807, 2.05) is 6.07 Å². The molecule has 0 unspecified atom stereocenters. The van der Waals surface area contributed by atoms with Crippen molar-refractivity contribution in [3.05, 3.63) is 102 Å². The van der Waals surface area contributed by atoms with Gasteiger partial charge in [-0.05, 0) is 40.8 Å². The number of aromatic nitrogens is 4. The third-order valence-corrected chi connectivity index (χ3v) is 4.51. The van der Waals surface area contributed by atoms with Crippen molar-refractivity contribution in [2.45, 2.75) is 0 Å². The summed E-state index contributed by atoms with van der Waals surface area (Å²) >= 11 is 0. The molecule has 0 fully saturated rings. The van der Waals surface area contributed by atoms with Gasteiger partial charge in [0.2, 0.25) is 0 Å². The van der Waals surface area contributed by atoms with Gasteiger partial charge in [0.15, 0.2) is 12.4 Å². The molecule has 0 radical (unpaired) electrons. The van der Waals surface area contributed by atoms with Gasteiger partial charge in [-0.3, -0.25) is 9.59 Å². The minimum Gasteiger partial charge on any atom is -0.452 e. The summed E-state index contributed by atoms with van der Waals surface area (Å²) in [5.41, 5.74) is 1.99. The zero-order valence-electron chi connectivity index (χ0n) is 16.7. The highest BCUT2D eigenvalue weighted by molar-refractivity contribution is 6.14. The molecule has 0 aliphatic rings. The fraction of sp³-hybridized carbons (Fsp3) is 0.0435. The molecule has 1 amide bonds. The second kappa shape index (κ2) is 9.43. The average molecular weight is 427 g/mol. The van der Waals surface area contributed by atoms with Gasteiger partial charge in [0.1, 0.15) is 6.33 Å². The Bertz CT molecular complexity index is 1260. The van der Waals surface area contributed by atoms with Crippen molar-refractivity contribution in [3.8, 4) is 5.69 Å². The van der Waals surface area contributed by atoms with E-state index < -0.39 is 18.5 Å². The number of anilines is 1. The summed E-state index contributed by atoms with van der Waals surface area (Å²) in [7, 11) is 0. The molecule has 158 valence electrons. The molecule has 0 atom stereocenters. The number of hydrogen-bond acceptors (Lipinski definition) is 7. The average Bonchev–Trinajstić information content (AvgIpc) is 3.38. The third kappa shape index (κ3) is 4.73. The predicted octanol–water partition coefficient (Wildman–Crippen LogP) is 2.69. The molecule has 1 aromatic heterocycles. The maximum absolute atomic E-state index is 12.8. The van der Waals surface area contributed by atoms with E-state index in [1.165, 1.54) is 11.0 Å². The number of benzene rings is 3. The van der Waals surface area contributed by atoms with Crippen molar-refractivity contribution in [3.63, 3.8) is 0 Å². The van der Waals surface area contributed by atoms with Gasteiger partial charge >= 0.3 is 5.97 Å². The Morgan fingerprint density at radius 1 is 0.875 bits per heavy atom. The number of para-hydroxylation sites is 1. The molecule has 4 aromatic rings. The first-order chi connectivity index (χ1) is 15.6. The monoisotopic (exact) mass is 427 g/mol. The van der Waals surface area contributed by atoms with Crippen molar-refractivity contribution < 1.29 is 19.1 Å². The van der Waals surface area contributed by atoms with Crippen LogP contribution in [-0.4, -0.2) is 44.5 Å². The first kappa shape index (κ1) is 20.6. The number of nitrogens with zero attached hydrogens (tertiary/aromatic N) is 4. The van der Waals surface area contributed by atoms with Crippen LogP contribution in [0.2, 0.25) is 0 Å². The number of rotatable bonds is 7. The summed E-state index contributed by atoms with van der Waals surface area (Å²) in [6, 6.07) is 21.9. The summed E-state index contributed by atoms with van der Waals surface area (Å²) in [6.07, 6.45) is 1.39. The van der Waals surface area contributed by atoms with Gasteiger partial charge in [-0.2, -0.15) is 0 Å². The molecule has 0 saturated heterocycles. The molecule has 9 heteroatoms. The van der Waals surface area contributed by atoms with E-state index in [4.69, 9.17) is 4.74 Å². The third-order valence-electron chi connectivity index (χ3n) is 4.51. The quantitative estimate of drug-likeness (QED) is 0.356. The van der Waals surface area contributed by atoms with E-state index in [9.17, 15) is 14.4 Å². The van der Waals surface area contributed by atoms with Gasteiger partial charge in [-0.25, -0.2) is 9.48 Å². The van der Waals surface area contributed by atoms with Gasteiger partial charge in [-0.1, -0.05) is 48.5 Å². The SMILES string of the molecule is O=C(COC(=O)c1cccc(-n2cnnn2)c1)Nc1ccccc1C(=O)c1ccccc1. The number of amides is 1. The molecular formula is C23H17N5O4. The van der Waals surface area contributed by atoms with Gasteiger partial charge in [0.05, 0.1) is 16.9 Å². The highest BCUT2D eigenvalue weighted by atomic mass is 16.5. The molecule has 32 heavy (non-hydrogen) atoms. The zero-order chi connectivity index (χ0) is 22.3. The summed E-state index contributed by atoms with van der Waals surface area (Å²) in [4.78, 5) is 37.5. The van der Waals surface area contributed by atoms with E-state index >= 15 is 0 Å². The highest BCUT2D eigenvalue weighted by Gasteiger charge is 2.16. The van der Waals surface area contributed by atoms with Crippen LogP contribution in [0.25, 0.3) is 5.69 Å². The fourth-order valence-corrected chi connectivity index (χ4v) is 2.99. The molecule has 1 heterocycles. The fourth-order valence-electron chi connectivity index (χ4n) is 2.99. The lowest BCUT2D eigenvalue weighted by Crippen LogP contribution is -2.22. The Morgan fingerprint density at radius 3 is 2.41 bits per heavy atom. The first-order valence-corrected chi connectivity index (χ1v) is 9.61. The van der Waals surface area contributed by atoms with Crippen LogP contribution < -0.4 is 5.32 Å². The number of nitrogens with one attached hydrogen (secondary N) is 1. The summed E-state index contributed by atoms with van der Waals surface area (Å²) in [5.74, 6) is -1.47. The highest BCUT2D eigenvalue weighted by Crippen LogP contribution is 2.19. The van der Waals surface area contributed by atoms with Crippen LogP contribution in [0, 0.1) is 0 Å². The smallest absolute Gasteiger partial charge is 0.338 e. The standard InChI is InChI=1S/C23H17N5O4/c29-21(14-32-23(31)17-9-6-10-18(13-17)28-15-24-26-27-28)25-20-12-5-4-11-19(20)22(30)16-7-2-1-3-8-16/h1-13,15H,14H2,(H,25,29). The zero-order valence-corrected chi connectivity index (χ0v) is 16.7. The number of tetrazole rings is 1. The van der Waals surface area contributed by atoms with Crippen LogP contribution in [0.5, 0.6) is 0 Å². The van der Waals surface area contributed by atoms with E-state index in [0.717, 1.165) is 0 Å². The molecular weight excluding hydrogens is 410 g/mol. The minimum atomic E-state index is -0.677. The lowest BCUT2D eigenvalue weighted by atomic mass is 10.0. The molecule has 0 spiro atoms. The molecule has 9 nitrogen and oxygen atoms in total. The Labute approximate surface area is 182 Å². The van der Waals surface area contributed by atoms with Crippen LogP contribution in [0.4, 0.5) is 5.69 Å². The second-order valence-corrected chi connectivity index (χ2v) is 6.67. The second-order valence-electron chi connectivity index (χ2n) is 6.67. The topological polar surface area (TPSA) is 116 Å². The van der Waals surface area contributed by atoms with Gasteiger partial charge in [0.25, 0.3) is 5.91 Å². The Balaban J connectivity index is 1.40. The van der Waals surface area contributed by atoms with Crippen LogP contribution in [0.1, 0.15) is 26.3 Å². The summed E-state index contributed by atoms with van der Waals surface area (Å²) in [6.45, 7) is -0.512.